The maximum absolute atomic E-state index is 10.9. The zero-order valence-corrected chi connectivity index (χ0v) is 9.29. The van der Waals surface area contributed by atoms with E-state index in [9.17, 15) is 4.79 Å². The van der Waals surface area contributed by atoms with E-state index in [0.717, 1.165) is 11.4 Å². The molecule has 0 radical (unpaired) electrons. The summed E-state index contributed by atoms with van der Waals surface area (Å²) in [6, 6.07) is 3.71. The maximum atomic E-state index is 10.9. The highest BCUT2D eigenvalue weighted by atomic mass is 16.1. The van der Waals surface area contributed by atoms with Crippen molar-refractivity contribution >= 4 is 11.6 Å². The van der Waals surface area contributed by atoms with E-state index in [-0.39, 0.29) is 5.91 Å². The molecule has 0 aromatic carbocycles. The molecule has 0 aliphatic rings. The third-order valence-electron chi connectivity index (χ3n) is 1.52. The molecule has 0 spiro atoms. The number of anilines is 1. The van der Waals surface area contributed by atoms with Crippen LogP contribution in [0.15, 0.2) is 18.3 Å². The van der Waals surface area contributed by atoms with Crippen LogP contribution in [0.5, 0.6) is 0 Å². The highest BCUT2D eigenvalue weighted by Gasteiger charge is 1.97. The van der Waals surface area contributed by atoms with Crippen LogP contribution in [0, 0.1) is 6.92 Å². The van der Waals surface area contributed by atoms with Gasteiger partial charge in [-0.25, -0.2) is 0 Å². The van der Waals surface area contributed by atoms with Gasteiger partial charge in [-0.1, -0.05) is 20.8 Å². The van der Waals surface area contributed by atoms with Crippen molar-refractivity contribution in [3.05, 3.63) is 24.0 Å². The second-order valence-electron chi connectivity index (χ2n) is 2.59. The highest BCUT2D eigenvalue weighted by Crippen LogP contribution is 2.05. The molecular formula is C11H18N2O. The Morgan fingerprint density at radius 3 is 2.50 bits per heavy atom. The van der Waals surface area contributed by atoms with Crippen LogP contribution in [0.1, 0.15) is 32.9 Å². The number of aromatic nitrogens is 1. The molecule has 0 aliphatic carbocycles. The number of amides is 1. The zero-order valence-electron chi connectivity index (χ0n) is 9.29. The number of nitrogens with zero attached hydrogens (tertiary/aromatic N) is 1. The number of rotatable bonds is 2. The summed E-state index contributed by atoms with van der Waals surface area (Å²) < 4.78 is 0. The average molecular weight is 194 g/mol. The number of carbonyl (C=O) groups excluding carboxylic acids is 1. The van der Waals surface area contributed by atoms with E-state index in [1.807, 2.05) is 39.8 Å². The smallest absolute Gasteiger partial charge is 0.224 e. The Morgan fingerprint density at radius 2 is 2.07 bits per heavy atom. The van der Waals surface area contributed by atoms with E-state index in [4.69, 9.17) is 0 Å². The summed E-state index contributed by atoms with van der Waals surface area (Å²) in [5.41, 5.74) is 1.71. The molecule has 78 valence electrons. The topological polar surface area (TPSA) is 42.0 Å². The van der Waals surface area contributed by atoms with Gasteiger partial charge in [-0.15, -0.1) is 0 Å². The summed E-state index contributed by atoms with van der Waals surface area (Å²) >= 11 is 0. The summed E-state index contributed by atoms with van der Waals surface area (Å²) in [7, 11) is 0. The van der Waals surface area contributed by atoms with Gasteiger partial charge in [0, 0.05) is 12.1 Å². The molecule has 1 aromatic heterocycles. The van der Waals surface area contributed by atoms with E-state index >= 15 is 0 Å². The lowest BCUT2D eigenvalue weighted by Crippen LogP contribution is -2.09. The van der Waals surface area contributed by atoms with Crippen molar-refractivity contribution in [1.82, 2.24) is 4.98 Å². The molecule has 0 bridgehead atoms. The number of hydrogen-bond acceptors (Lipinski definition) is 2. The zero-order chi connectivity index (χ0) is 11.0. The first kappa shape index (κ1) is 12.6. The Hall–Kier alpha value is -1.38. The Morgan fingerprint density at radius 1 is 1.43 bits per heavy atom. The van der Waals surface area contributed by atoms with Crippen molar-refractivity contribution in [1.29, 1.82) is 0 Å². The molecule has 0 saturated carbocycles. The van der Waals surface area contributed by atoms with Gasteiger partial charge in [0.2, 0.25) is 5.91 Å². The van der Waals surface area contributed by atoms with Gasteiger partial charge in [-0.2, -0.15) is 0 Å². The fourth-order valence-electron chi connectivity index (χ4n) is 0.791. The molecule has 14 heavy (non-hydrogen) atoms. The first-order valence-corrected chi connectivity index (χ1v) is 4.95. The Balaban J connectivity index is 0.000000791. The third-order valence-corrected chi connectivity index (χ3v) is 1.52. The molecule has 0 fully saturated rings. The van der Waals surface area contributed by atoms with Crippen molar-refractivity contribution in [2.75, 3.05) is 5.32 Å². The van der Waals surface area contributed by atoms with Crippen LogP contribution in [0.2, 0.25) is 0 Å². The first-order chi connectivity index (χ1) is 6.72. The molecular weight excluding hydrogens is 176 g/mol. The predicted octanol–water partition coefficient (Wildman–Crippen LogP) is 2.76. The van der Waals surface area contributed by atoms with Crippen molar-refractivity contribution < 1.29 is 4.79 Å². The molecule has 0 unspecified atom stereocenters. The van der Waals surface area contributed by atoms with E-state index in [1.54, 1.807) is 6.20 Å². The molecule has 1 heterocycles. The fraction of sp³-hybridized carbons (Fsp3) is 0.455. The summed E-state index contributed by atoms with van der Waals surface area (Å²) in [6.07, 6.45) is 2.15. The Labute approximate surface area is 85.6 Å². The quantitative estimate of drug-likeness (QED) is 0.786. The number of nitrogens with one attached hydrogen (secondary N) is 1. The molecule has 0 atom stereocenters. The lowest BCUT2D eigenvalue weighted by molar-refractivity contribution is -0.115. The molecule has 3 nitrogen and oxygen atoms in total. The van der Waals surface area contributed by atoms with Crippen LogP contribution >= 0.6 is 0 Å². The van der Waals surface area contributed by atoms with Crippen LogP contribution < -0.4 is 5.32 Å². The van der Waals surface area contributed by atoms with Crippen LogP contribution in [0.3, 0.4) is 0 Å². The van der Waals surface area contributed by atoms with Gasteiger partial charge in [0.15, 0.2) is 0 Å². The van der Waals surface area contributed by atoms with Gasteiger partial charge in [0.05, 0.1) is 11.9 Å². The summed E-state index contributed by atoms with van der Waals surface area (Å²) in [5, 5.41) is 2.72. The second kappa shape index (κ2) is 7.06. The van der Waals surface area contributed by atoms with Gasteiger partial charge in [0.1, 0.15) is 0 Å². The summed E-state index contributed by atoms with van der Waals surface area (Å²) in [6.45, 7) is 7.72. The molecule has 1 aromatic rings. The SMILES string of the molecule is CC.CCC(=O)Nc1ccc(C)nc1. The van der Waals surface area contributed by atoms with Gasteiger partial charge in [0.25, 0.3) is 0 Å². The first-order valence-electron chi connectivity index (χ1n) is 4.95. The third kappa shape index (κ3) is 4.60. The highest BCUT2D eigenvalue weighted by molar-refractivity contribution is 5.90. The molecule has 0 aliphatic heterocycles. The lowest BCUT2D eigenvalue weighted by atomic mass is 10.3. The molecule has 1 N–H and O–H groups in total. The number of carbonyl (C=O) groups is 1. The van der Waals surface area contributed by atoms with Crippen LogP contribution in [-0.4, -0.2) is 10.9 Å². The number of pyridine rings is 1. The number of aryl methyl sites for hydroxylation is 1. The van der Waals surface area contributed by atoms with Crippen molar-refractivity contribution in [3.63, 3.8) is 0 Å². The van der Waals surface area contributed by atoms with Crippen molar-refractivity contribution in [2.24, 2.45) is 0 Å². The maximum Gasteiger partial charge on any atom is 0.224 e. The molecule has 1 rings (SSSR count). The van der Waals surface area contributed by atoms with Crippen molar-refractivity contribution in [2.45, 2.75) is 34.1 Å². The normalized spacial score (nSPS) is 8.57. The minimum Gasteiger partial charge on any atom is -0.325 e. The fourth-order valence-corrected chi connectivity index (χ4v) is 0.791. The molecule has 3 heteroatoms. The van der Waals surface area contributed by atoms with Gasteiger partial charge in [-0.05, 0) is 19.1 Å². The molecule has 0 saturated heterocycles. The van der Waals surface area contributed by atoms with Gasteiger partial charge in [-0.3, -0.25) is 9.78 Å². The minimum atomic E-state index is 0.0145. The number of hydrogen-bond donors (Lipinski definition) is 1. The average Bonchev–Trinajstić information content (AvgIpc) is 2.24. The monoisotopic (exact) mass is 194 g/mol. The van der Waals surface area contributed by atoms with E-state index in [2.05, 4.69) is 10.3 Å². The standard InChI is InChI=1S/C9H12N2O.C2H6/c1-3-9(12)11-8-5-4-7(2)10-6-8;1-2/h4-6H,3H2,1-2H3,(H,11,12);1-2H3. The predicted molar refractivity (Wildman–Crippen MR) is 59.2 cm³/mol. The van der Waals surface area contributed by atoms with E-state index < -0.39 is 0 Å². The lowest BCUT2D eigenvalue weighted by Gasteiger charge is -2.01. The van der Waals surface area contributed by atoms with E-state index in [1.165, 1.54) is 0 Å². The van der Waals surface area contributed by atoms with Crippen LogP contribution in [0.4, 0.5) is 5.69 Å². The van der Waals surface area contributed by atoms with Crippen LogP contribution in [-0.2, 0) is 4.79 Å². The Bertz CT molecular complexity index is 267. The van der Waals surface area contributed by atoms with Gasteiger partial charge >= 0.3 is 0 Å². The summed E-state index contributed by atoms with van der Waals surface area (Å²) in [4.78, 5) is 15.0. The van der Waals surface area contributed by atoms with Crippen molar-refractivity contribution in [3.8, 4) is 0 Å². The summed E-state index contributed by atoms with van der Waals surface area (Å²) in [5.74, 6) is 0.0145. The minimum absolute atomic E-state index is 0.0145. The largest absolute Gasteiger partial charge is 0.325 e. The second-order valence-corrected chi connectivity index (χ2v) is 2.59. The van der Waals surface area contributed by atoms with Crippen LogP contribution in [0.25, 0.3) is 0 Å². The van der Waals surface area contributed by atoms with E-state index in [0.29, 0.717) is 6.42 Å². The molecule has 1 amide bonds. The Kier molecular flexibility index (Phi) is 6.37. The van der Waals surface area contributed by atoms with Gasteiger partial charge < -0.3 is 5.32 Å².